The molecule has 0 aliphatic heterocycles. The van der Waals surface area contributed by atoms with Crippen LogP contribution in [0.4, 0.5) is 0 Å². The predicted octanol–water partition coefficient (Wildman–Crippen LogP) is 1.65. The summed E-state index contributed by atoms with van der Waals surface area (Å²) >= 11 is 0. The molecule has 0 bridgehead atoms. The Kier molecular flexibility index (Phi) is 4.78. The summed E-state index contributed by atoms with van der Waals surface area (Å²) in [4.78, 5) is 22.4. The normalized spacial score (nSPS) is 13.7. The van der Waals surface area contributed by atoms with Crippen LogP contribution in [0, 0.1) is 11.8 Å². The molecule has 88 valence electrons. The smallest absolute Gasteiger partial charge is 0.307 e. The third-order valence-electron chi connectivity index (χ3n) is 2.04. The van der Waals surface area contributed by atoms with E-state index in [0.717, 1.165) is 0 Å². The molecular formula is C11H21NO3. The number of hydrogen-bond donors (Lipinski definition) is 2. The molecule has 0 aliphatic rings. The Morgan fingerprint density at radius 3 is 2.00 bits per heavy atom. The van der Waals surface area contributed by atoms with Gasteiger partial charge in [-0.15, -0.1) is 0 Å². The van der Waals surface area contributed by atoms with Gasteiger partial charge in [0.15, 0.2) is 0 Å². The lowest BCUT2D eigenvalue weighted by Crippen LogP contribution is -2.42. The Morgan fingerprint density at radius 1 is 1.27 bits per heavy atom. The lowest BCUT2D eigenvalue weighted by molar-refractivity contribution is -0.145. The molecule has 1 atom stereocenters. The van der Waals surface area contributed by atoms with Gasteiger partial charge in [0.25, 0.3) is 0 Å². The van der Waals surface area contributed by atoms with Gasteiger partial charge in [-0.25, -0.2) is 0 Å². The third kappa shape index (κ3) is 6.10. The first-order valence-electron chi connectivity index (χ1n) is 5.17. The van der Waals surface area contributed by atoms with E-state index in [2.05, 4.69) is 5.32 Å². The minimum atomic E-state index is -0.908. The van der Waals surface area contributed by atoms with E-state index < -0.39 is 11.9 Å². The van der Waals surface area contributed by atoms with Crippen LogP contribution in [0.3, 0.4) is 0 Å². The highest BCUT2D eigenvalue weighted by molar-refractivity contribution is 5.82. The fourth-order valence-corrected chi connectivity index (χ4v) is 1.28. The van der Waals surface area contributed by atoms with Crippen LogP contribution in [-0.4, -0.2) is 22.5 Å². The first kappa shape index (κ1) is 13.9. The predicted molar refractivity (Wildman–Crippen MR) is 58.5 cm³/mol. The number of rotatable bonds is 4. The molecule has 0 aromatic rings. The fraction of sp³-hybridized carbons (Fsp3) is 0.818. The molecule has 1 amide bonds. The molecule has 0 aromatic carbocycles. The fourth-order valence-electron chi connectivity index (χ4n) is 1.28. The van der Waals surface area contributed by atoms with Crippen LogP contribution in [0.1, 0.15) is 41.0 Å². The summed E-state index contributed by atoms with van der Waals surface area (Å²) in [6.45, 7) is 9.23. The Morgan fingerprint density at radius 2 is 1.73 bits per heavy atom. The third-order valence-corrected chi connectivity index (χ3v) is 2.04. The van der Waals surface area contributed by atoms with Crippen LogP contribution in [0.5, 0.6) is 0 Å². The van der Waals surface area contributed by atoms with Crippen molar-refractivity contribution >= 4 is 11.9 Å². The van der Waals surface area contributed by atoms with Crippen LogP contribution in [0.15, 0.2) is 0 Å². The number of carbonyl (C=O) groups is 2. The molecule has 4 nitrogen and oxygen atoms in total. The number of carboxylic acid groups (broad SMARTS) is 1. The molecule has 0 fully saturated rings. The number of nitrogens with one attached hydrogen (secondary N) is 1. The monoisotopic (exact) mass is 215 g/mol. The van der Waals surface area contributed by atoms with Crippen molar-refractivity contribution in [2.45, 2.75) is 46.6 Å². The van der Waals surface area contributed by atoms with Crippen LogP contribution in [0.25, 0.3) is 0 Å². The zero-order valence-electron chi connectivity index (χ0n) is 10.1. The van der Waals surface area contributed by atoms with E-state index >= 15 is 0 Å². The first-order valence-corrected chi connectivity index (χ1v) is 5.17. The maximum Gasteiger partial charge on any atom is 0.307 e. The summed E-state index contributed by atoms with van der Waals surface area (Å²) in [5.41, 5.74) is -0.308. The van der Waals surface area contributed by atoms with Crippen molar-refractivity contribution in [3.8, 4) is 0 Å². The Bertz CT molecular complexity index is 241. The number of carboxylic acids is 1. The van der Waals surface area contributed by atoms with Gasteiger partial charge in [0.1, 0.15) is 0 Å². The molecule has 0 saturated heterocycles. The van der Waals surface area contributed by atoms with Gasteiger partial charge in [-0.3, -0.25) is 9.59 Å². The highest BCUT2D eigenvalue weighted by atomic mass is 16.4. The zero-order valence-corrected chi connectivity index (χ0v) is 10.1. The average molecular weight is 215 g/mol. The molecular weight excluding hydrogens is 194 g/mol. The van der Waals surface area contributed by atoms with Gasteiger partial charge in [-0.2, -0.15) is 0 Å². The van der Waals surface area contributed by atoms with Crippen LogP contribution >= 0.6 is 0 Å². The van der Waals surface area contributed by atoms with Crippen molar-refractivity contribution in [2.75, 3.05) is 0 Å². The van der Waals surface area contributed by atoms with Crippen molar-refractivity contribution in [1.82, 2.24) is 5.32 Å². The van der Waals surface area contributed by atoms with Gasteiger partial charge in [0.2, 0.25) is 5.91 Å². The number of carbonyl (C=O) groups excluding carboxylic acids is 1. The van der Waals surface area contributed by atoms with Gasteiger partial charge in [-0.05, 0) is 26.7 Å². The van der Waals surface area contributed by atoms with E-state index in [1.807, 2.05) is 34.6 Å². The number of hydrogen-bond acceptors (Lipinski definition) is 2. The minimum Gasteiger partial charge on any atom is -0.481 e. The van der Waals surface area contributed by atoms with E-state index in [1.54, 1.807) is 0 Å². The van der Waals surface area contributed by atoms with Crippen molar-refractivity contribution in [2.24, 2.45) is 11.8 Å². The van der Waals surface area contributed by atoms with E-state index in [9.17, 15) is 9.59 Å². The minimum absolute atomic E-state index is 0.0341. The number of aliphatic carboxylic acids is 1. The summed E-state index contributed by atoms with van der Waals surface area (Å²) in [5.74, 6) is -1.75. The maximum absolute atomic E-state index is 11.5. The van der Waals surface area contributed by atoms with Gasteiger partial charge >= 0.3 is 5.97 Å². The van der Waals surface area contributed by atoms with E-state index in [0.29, 0.717) is 0 Å². The molecule has 0 saturated carbocycles. The largest absolute Gasteiger partial charge is 0.481 e. The molecule has 0 heterocycles. The van der Waals surface area contributed by atoms with Crippen LogP contribution in [-0.2, 0) is 9.59 Å². The van der Waals surface area contributed by atoms with Gasteiger partial charge < -0.3 is 10.4 Å². The van der Waals surface area contributed by atoms with Crippen molar-refractivity contribution in [3.63, 3.8) is 0 Å². The van der Waals surface area contributed by atoms with Crippen molar-refractivity contribution in [1.29, 1.82) is 0 Å². The molecule has 1 unspecified atom stereocenters. The van der Waals surface area contributed by atoms with Crippen molar-refractivity contribution in [3.05, 3.63) is 0 Å². The summed E-state index contributed by atoms with van der Waals surface area (Å²) in [7, 11) is 0. The highest BCUT2D eigenvalue weighted by Crippen LogP contribution is 2.16. The molecule has 2 N–H and O–H groups in total. The molecule has 0 rings (SSSR count). The summed E-state index contributed by atoms with van der Waals surface area (Å²) in [6, 6.07) is 0. The van der Waals surface area contributed by atoms with E-state index in [4.69, 9.17) is 5.11 Å². The highest BCUT2D eigenvalue weighted by Gasteiger charge is 2.26. The molecule has 0 aliphatic carbocycles. The second-order valence-corrected chi connectivity index (χ2v) is 5.19. The van der Waals surface area contributed by atoms with Crippen LogP contribution < -0.4 is 5.32 Å². The SMILES string of the molecule is CC(C)C(CC(=O)NC(C)(C)C)C(=O)O. The first-order chi connectivity index (χ1) is 6.63. The summed E-state index contributed by atoms with van der Waals surface area (Å²) in [6.07, 6.45) is 0.0459. The molecule has 4 heteroatoms. The lowest BCUT2D eigenvalue weighted by atomic mass is 9.92. The lowest BCUT2D eigenvalue weighted by Gasteiger charge is -2.23. The van der Waals surface area contributed by atoms with Crippen LogP contribution in [0.2, 0.25) is 0 Å². The Labute approximate surface area is 91.1 Å². The van der Waals surface area contributed by atoms with Gasteiger partial charge in [-0.1, -0.05) is 13.8 Å². The number of amides is 1. The average Bonchev–Trinajstić information content (AvgIpc) is 1.95. The second kappa shape index (κ2) is 5.14. The molecule has 0 radical (unpaired) electrons. The van der Waals surface area contributed by atoms with Crippen molar-refractivity contribution < 1.29 is 14.7 Å². The topological polar surface area (TPSA) is 66.4 Å². The molecule has 0 aromatic heterocycles. The molecule has 0 spiro atoms. The standard InChI is InChI=1S/C11H21NO3/c1-7(2)8(10(14)15)6-9(13)12-11(3,4)5/h7-8H,6H2,1-5H3,(H,12,13)(H,14,15). The summed E-state index contributed by atoms with van der Waals surface area (Å²) < 4.78 is 0. The molecule has 15 heavy (non-hydrogen) atoms. The zero-order chi connectivity index (χ0) is 12.2. The van der Waals surface area contributed by atoms with E-state index in [1.165, 1.54) is 0 Å². The van der Waals surface area contributed by atoms with Gasteiger partial charge in [0.05, 0.1) is 5.92 Å². The second-order valence-electron chi connectivity index (χ2n) is 5.19. The Balaban J connectivity index is 4.31. The quantitative estimate of drug-likeness (QED) is 0.749. The maximum atomic E-state index is 11.5. The van der Waals surface area contributed by atoms with E-state index in [-0.39, 0.29) is 23.8 Å². The Hall–Kier alpha value is -1.06. The van der Waals surface area contributed by atoms with Gasteiger partial charge in [0, 0.05) is 12.0 Å². The summed E-state index contributed by atoms with van der Waals surface area (Å²) in [5, 5.41) is 11.7.